The third-order valence-corrected chi connectivity index (χ3v) is 7.06. The van der Waals surface area contributed by atoms with E-state index >= 15 is 0 Å². The zero-order chi connectivity index (χ0) is 27.6. The highest BCUT2D eigenvalue weighted by molar-refractivity contribution is 7.86. The molecule has 200 valence electrons. The van der Waals surface area contributed by atoms with Crippen LogP contribution in [0.2, 0.25) is 0 Å². The fourth-order valence-corrected chi connectivity index (χ4v) is 4.64. The van der Waals surface area contributed by atoms with Crippen molar-refractivity contribution in [3.63, 3.8) is 0 Å². The summed E-state index contributed by atoms with van der Waals surface area (Å²) in [6.07, 6.45) is 4.70. The number of rotatable bonds is 7. The van der Waals surface area contributed by atoms with Gasteiger partial charge in [-0.3, -0.25) is 9.59 Å². The van der Waals surface area contributed by atoms with E-state index in [1.54, 1.807) is 0 Å². The van der Waals surface area contributed by atoms with Crippen LogP contribution in [0.3, 0.4) is 0 Å². The van der Waals surface area contributed by atoms with E-state index in [9.17, 15) is 26.3 Å². The topological polar surface area (TPSA) is 196 Å². The molecular formula is C24H25F2N7O4S. The third-order valence-electron chi connectivity index (χ3n) is 6.22. The summed E-state index contributed by atoms with van der Waals surface area (Å²) in [6, 6.07) is 6.07. The molecule has 1 aromatic carbocycles. The molecule has 1 fully saturated rings. The Hall–Kier alpha value is -4.17. The maximum Gasteiger partial charge on any atom is 0.332 e. The monoisotopic (exact) mass is 545 g/mol. The van der Waals surface area contributed by atoms with E-state index in [2.05, 4.69) is 20.6 Å². The lowest BCUT2D eigenvalue weighted by molar-refractivity contribution is 0.0997. The molecule has 2 atom stereocenters. The number of carbonyl (C=O) groups is 2. The van der Waals surface area contributed by atoms with Crippen LogP contribution < -0.4 is 27.8 Å². The molecule has 0 radical (unpaired) electrons. The molecule has 4 rings (SSSR count). The molecule has 2 aromatic heterocycles. The van der Waals surface area contributed by atoms with Crippen LogP contribution in [0, 0.1) is 5.82 Å². The third kappa shape index (κ3) is 5.86. The highest BCUT2D eigenvalue weighted by Gasteiger charge is 2.25. The minimum atomic E-state index is -4.92. The van der Waals surface area contributed by atoms with Crippen molar-refractivity contribution in [2.75, 3.05) is 16.4 Å². The van der Waals surface area contributed by atoms with E-state index in [0.29, 0.717) is 0 Å². The molecule has 0 aliphatic heterocycles. The van der Waals surface area contributed by atoms with Crippen molar-refractivity contribution in [3.05, 3.63) is 59.5 Å². The summed E-state index contributed by atoms with van der Waals surface area (Å²) in [7, 11) is -4.92. The molecule has 11 nitrogen and oxygen atoms in total. The van der Waals surface area contributed by atoms with Gasteiger partial charge in [-0.15, -0.1) is 3.89 Å². The standard InChI is InChI=1S/C24H25F2N7O4S/c25-16-10-15(22(29)34)20(33-23(16)31-18-4-2-1-3-17(18)27)13-9-19(21(28)30-11-13)32-24(35)12-5-7-14(8-6-12)38(26,36)37/h5-11,17-18H,1-4,27H2,(H2,28,30)(H2,29,34)(H,31,33)(H,32,35)/t17-,18+/m0/s1. The molecule has 1 aliphatic carbocycles. The lowest BCUT2D eigenvalue weighted by atomic mass is 9.91. The summed E-state index contributed by atoms with van der Waals surface area (Å²) < 4.78 is 50.0. The molecule has 8 N–H and O–H groups in total. The number of aromatic nitrogens is 2. The highest BCUT2D eigenvalue weighted by Crippen LogP contribution is 2.30. The first-order valence-electron chi connectivity index (χ1n) is 11.6. The van der Waals surface area contributed by atoms with Crippen LogP contribution in [0.15, 0.2) is 47.5 Å². The summed E-state index contributed by atoms with van der Waals surface area (Å²) in [5, 5.41) is 5.54. The number of benzene rings is 1. The maximum atomic E-state index is 14.9. The summed E-state index contributed by atoms with van der Waals surface area (Å²) in [5.74, 6) is -2.61. The molecule has 3 aromatic rings. The molecule has 0 saturated heterocycles. The number of nitrogens with two attached hydrogens (primary N) is 3. The molecule has 38 heavy (non-hydrogen) atoms. The van der Waals surface area contributed by atoms with Crippen LogP contribution >= 0.6 is 0 Å². The summed E-state index contributed by atoms with van der Waals surface area (Å²) >= 11 is 0. The zero-order valence-corrected chi connectivity index (χ0v) is 20.8. The average molecular weight is 546 g/mol. The van der Waals surface area contributed by atoms with Crippen molar-refractivity contribution in [1.29, 1.82) is 0 Å². The maximum absolute atomic E-state index is 14.9. The van der Waals surface area contributed by atoms with E-state index in [0.717, 1.165) is 56.0 Å². The van der Waals surface area contributed by atoms with Gasteiger partial charge in [0.15, 0.2) is 11.6 Å². The Labute approximate surface area is 217 Å². The first-order chi connectivity index (χ1) is 17.9. The number of hydrogen-bond acceptors (Lipinski definition) is 9. The predicted molar refractivity (Wildman–Crippen MR) is 137 cm³/mol. The second-order valence-corrected chi connectivity index (χ2v) is 10.2. The van der Waals surface area contributed by atoms with E-state index in [1.807, 2.05) is 0 Å². The van der Waals surface area contributed by atoms with Gasteiger partial charge >= 0.3 is 10.2 Å². The van der Waals surface area contributed by atoms with Gasteiger partial charge in [-0.2, -0.15) is 8.42 Å². The van der Waals surface area contributed by atoms with Crippen molar-refractivity contribution in [1.82, 2.24) is 9.97 Å². The van der Waals surface area contributed by atoms with Crippen molar-refractivity contribution in [2.24, 2.45) is 11.5 Å². The van der Waals surface area contributed by atoms with Crippen LogP contribution in [0.5, 0.6) is 0 Å². The van der Waals surface area contributed by atoms with Gasteiger partial charge in [0.1, 0.15) is 5.82 Å². The normalized spacial score (nSPS) is 17.6. The van der Waals surface area contributed by atoms with Gasteiger partial charge in [0, 0.05) is 29.4 Å². The quantitative estimate of drug-likeness (QED) is 0.277. The molecule has 0 unspecified atom stereocenters. The highest BCUT2D eigenvalue weighted by atomic mass is 32.3. The van der Waals surface area contributed by atoms with Gasteiger partial charge in [0.2, 0.25) is 0 Å². The van der Waals surface area contributed by atoms with E-state index < -0.39 is 32.8 Å². The van der Waals surface area contributed by atoms with Gasteiger partial charge in [-0.1, -0.05) is 12.8 Å². The van der Waals surface area contributed by atoms with Crippen LogP contribution in [0.4, 0.5) is 25.6 Å². The number of pyridine rings is 2. The SMILES string of the molecule is NC(=O)c1cc(F)c(N[C@@H]2CCCC[C@@H]2N)nc1-c1cnc(N)c(NC(=O)c2ccc(S(=O)(=O)F)cc2)c1. The van der Waals surface area contributed by atoms with Crippen LogP contribution in [-0.2, 0) is 10.2 Å². The number of anilines is 3. The Morgan fingerprint density at radius 1 is 1.08 bits per heavy atom. The molecule has 1 aliphatic rings. The minimum absolute atomic E-state index is 0.00582. The van der Waals surface area contributed by atoms with Crippen LogP contribution in [0.25, 0.3) is 11.3 Å². The Morgan fingerprint density at radius 3 is 2.39 bits per heavy atom. The molecular weight excluding hydrogens is 520 g/mol. The molecule has 14 heteroatoms. The lowest BCUT2D eigenvalue weighted by Crippen LogP contribution is -2.43. The molecule has 0 spiro atoms. The number of hydrogen-bond donors (Lipinski definition) is 5. The van der Waals surface area contributed by atoms with Gasteiger partial charge in [-0.05, 0) is 49.2 Å². The Balaban J connectivity index is 1.66. The average Bonchev–Trinajstić information content (AvgIpc) is 2.87. The van der Waals surface area contributed by atoms with Gasteiger partial charge in [0.25, 0.3) is 11.8 Å². The van der Waals surface area contributed by atoms with Crippen molar-refractivity contribution in [2.45, 2.75) is 42.7 Å². The van der Waals surface area contributed by atoms with Crippen LogP contribution in [-0.4, -0.2) is 42.3 Å². The van der Waals surface area contributed by atoms with Crippen molar-refractivity contribution in [3.8, 4) is 11.3 Å². The smallest absolute Gasteiger partial charge is 0.332 e. The predicted octanol–water partition coefficient (Wildman–Crippen LogP) is 2.56. The number of halogens is 2. The van der Waals surface area contributed by atoms with Gasteiger partial charge in [-0.25, -0.2) is 14.4 Å². The van der Waals surface area contributed by atoms with E-state index in [1.165, 1.54) is 12.3 Å². The van der Waals surface area contributed by atoms with Gasteiger partial charge in [0.05, 0.1) is 21.8 Å². The fourth-order valence-electron chi connectivity index (χ4n) is 4.18. The number of nitrogen functional groups attached to an aromatic ring is 1. The number of primary amides is 1. The molecule has 1 saturated carbocycles. The largest absolute Gasteiger partial charge is 0.382 e. The van der Waals surface area contributed by atoms with E-state index in [4.69, 9.17) is 17.2 Å². The lowest BCUT2D eigenvalue weighted by Gasteiger charge is -2.30. The number of nitrogens with one attached hydrogen (secondary N) is 2. The summed E-state index contributed by atoms with van der Waals surface area (Å²) in [4.78, 5) is 32.5. The Bertz CT molecular complexity index is 1500. The number of amides is 2. The van der Waals surface area contributed by atoms with Gasteiger partial charge < -0.3 is 27.8 Å². The first-order valence-corrected chi connectivity index (χ1v) is 13.0. The Kier molecular flexibility index (Phi) is 7.55. The fraction of sp³-hybridized carbons (Fsp3) is 0.250. The molecule has 0 bridgehead atoms. The van der Waals surface area contributed by atoms with Crippen molar-refractivity contribution < 1.29 is 26.3 Å². The zero-order valence-electron chi connectivity index (χ0n) is 19.9. The van der Waals surface area contributed by atoms with Crippen molar-refractivity contribution >= 4 is 39.4 Å². The summed E-state index contributed by atoms with van der Waals surface area (Å²) in [6.45, 7) is 0. The first kappa shape index (κ1) is 26.9. The second kappa shape index (κ2) is 10.7. The van der Waals surface area contributed by atoms with E-state index in [-0.39, 0.29) is 51.8 Å². The van der Waals surface area contributed by atoms with Crippen LogP contribution in [0.1, 0.15) is 46.4 Å². The number of nitrogens with zero attached hydrogens (tertiary/aromatic N) is 2. The second-order valence-electron chi connectivity index (χ2n) is 8.85. The summed E-state index contributed by atoms with van der Waals surface area (Å²) in [5.41, 5.74) is 17.6. The molecule has 2 heterocycles. The molecule has 2 amide bonds. The number of carbonyl (C=O) groups excluding carboxylic acids is 2. The minimum Gasteiger partial charge on any atom is -0.382 e. The Morgan fingerprint density at radius 2 is 1.76 bits per heavy atom.